The zero-order valence-electron chi connectivity index (χ0n) is 15.6. The maximum Gasteiger partial charge on any atom is 0.225 e. The molecule has 0 bridgehead atoms. The molecule has 2 N–H and O–H groups in total. The summed E-state index contributed by atoms with van der Waals surface area (Å²) < 4.78 is 5.07. The number of phenols is 1. The first-order valence-corrected chi connectivity index (χ1v) is 8.93. The van der Waals surface area contributed by atoms with Gasteiger partial charge in [-0.1, -0.05) is 35.9 Å². The lowest BCUT2D eigenvalue weighted by atomic mass is 10.1. The van der Waals surface area contributed by atoms with Gasteiger partial charge in [0.25, 0.3) is 0 Å². The molecule has 2 aromatic carbocycles. The lowest BCUT2D eigenvalue weighted by Crippen LogP contribution is -2.32. The van der Waals surface area contributed by atoms with Crippen molar-refractivity contribution in [1.29, 1.82) is 0 Å². The van der Waals surface area contributed by atoms with Gasteiger partial charge in [0.15, 0.2) is 11.5 Å². The molecule has 0 saturated carbocycles. The molecule has 1 unspecified atom stereocenters. The molecule has 0 spiro atoms. The normalized spacial score (nSPS) is 16.4. The average Bonchev–Trinajstić information content (AvgIpc) is 3.03. The van der Waals surface area contributed by atoms with E-state index in [-0.39, 0.29) is 29.9 Å². The second kappa shape index (κ2) is 8.12. The summed E-state index contributed by atoms with van der Waals surface area (Å²) in [7, 11) is 1.48. The molecule has 1 aliphatic heterocycles. The molecule has 6 heteroatoms. The highest BCUT2D eigenvalue weighted by Gasteiger charge is 2.34. The van der Waals surface area contributed by atoms with Gasteiger partial charge in [-0.3, -0.25) is 9.59 Å². The Morgan fingerprint density at radius 3 is 2.63 bits per heavy atom. The summed E-state index contributed by atoms with van der Waals surface area (Å²) in [5, 5.41) is 12.5. The number of aryl methyl sites for hydroxylation is 1. The molecular formula is C21H24N2O4. The molecule has 3 rings (SSSR count). The number of benzene rings is 2. The SMILES string of the molecule is COc1cc(CNC(=O)C2CC(=O)N(Cc3ccc(C)cc3)C2)ccc1O. The number of amides is 2. The molecule has 1 heterocycles. The van der Waals surface area contributed by atoms with E-state index in [0.717, 1.165) is 11.1 Å². The second-order valence-corrected chi connectivity index (χ2v) is 6.88. The molecular weight excluding hydrogens is 344 g/mol. The topological polar surface area (TPSA) is 78.9 Å². The van der Waals surface area contributed by atoms with Gasteiger partial charge < -0.3 is 20.1 Å². The molecule has 1 saturated heterocycles. The van der Waals surface area contributed by atoms with Crippen LogP contribution in [-0.4, -0.2) is 35.5 Å². The smallest absolute Gasteiger partial charge is 0.225 e. The van der Waals surface area contributed by atoms with Crippen LogP contribution in [0.25, 0.3) is 0 Å². The Hall–Kier alpha value is -3.02. The molecule has 0 aromatic heterocycles. The van der Waals surface area contributed by atoms with E-state index in [0.29, 0.717) is 25.4 Å². The number of carbonyl (C=O) groups excluding carboxylic acids is 2. The van der Waals surface area contributed by atoms with Gasteiger partial charge in [-0.05, 0) is 30.2 Å². The Labute approximate surface area is 158 Å². The number of ether oxygens (including phenoxy) is 1. The molecule has 2 aromatic rings. The van der Waals surface area contributed by atoms with Crippen molar-refractivity contribution in [3.63, 3.8) is 0 Å². The molecule has 6 nitrogen and oxygen atoms in total. The predicted molar refractivity (Wildman–Crippen MR) is 101 cm³/mol. The first kappa shape index (κ1) is 18.8. The third kappa shape index (κ3) is 4.58. The third-order valence-electron chi connectivity index (χ3n) is 4.79. The molecule has 0 radical (unpaired) electrons. The van der Waals surface area contributed by atoms with E-state index in [1.165, 1.54) is 18.7 Å². The summed E-state index contributed by atoms with van der Waals surface area (Å²) in [6, 6.07) is 13.0. The van der Waals surface area contributed by atoms with Crippen molar-refractivity contribution in [2.45, 2.75) is 26.4 Å². The third-order valence-corrected chi connectivity index (χ3v) is 4.79. The summed E-state index contributed by atoms with van der Waals surface area (Å²) in [6.07, 6.45) is 0.233. The lowest BCUT2D eigenvalue weighted by molar-refractivity contribution is -0.129. The van der Waals surface area contributed by atoms with Crippen LogP contribution in [0.4, 0.5) is 0 Å². The van der Waals surface area contributed by atoms with Crippen LogP contribution in [0.2, 0.25) is 0 Å². The number of hydrogen-bond acceptors (Lipinski definition) is 4. The Bertz CT molecular complexity index is 833. The summed E-state index contributed by atoms with van der Waals surface area (Å²) in [6.45, 7) is 3.29. The molecule has 142 valence electrons. The highest BCUT2D eigenvalue weighted by atomic mass is 16.5. The minimum absolute atomic E-state index is 0.00188. The quantitative estimate of drug-likeness (QED) is 0.821. The number of carbonyl (C=O) groups is 2. The maximum absolute atomic E-state index is 12.5. The van der Waals surface area contributed by atoms with E-state index in [4.69, 9.17) is 4.74 Å². The van der Waals surface area contributed by atoms with Gasteiger partial charge in [-0.15, -0.1) is 0 Å². The van der Waals surface area contributed by atoms with Gasteiger partial charge >= 0.3 is 0 Å². The van der Waals surface area contributed by atoms with Crippen molar-refractivity contribution in [1.82, 2.24) is 10.2 Å². The fourth-order valence-corrected chi connectivity index (χ4v) is 3.18. The average molecular weight is 368 g/mol. The van der Waals surface area contributed by atoms with Crippen molar-refractivity contribution in [3.8, 4) is 11.5 Å². The lowest BCUT2D eigenvalue weighted by Gasteiger charge is -2.17. The summed E-state index contributed by atoms with van der Waals surface area (Å²) in [5.74, 6) is -0.0615. The Kier molecular flexibility index (Phi) is 5.64. The Morgan fingerprint density at radius 2 is 1.93 bits per heavy atom. The predicted octanol–water partition coefficient (Wildman–Crippen LogP) is 2.37. The summed E-state index contributed by atoms with van der Waals surface area (Å²) in [5.41, 5.74) is 3.06. The fraction of sp³-hybridized carbons (Fsp3) is 0.333. The number of aromatic hydroxyl groups is 1. The first-order valence-electron chi connectivity index (χ1n) is 8.93. The van der Waals surface area contributed by atoms with E-state index in [1.807, 2.05) is 31.2 Å². The monoisotopic (exact) mass is 368 g/mol. The van der Waals surface area contributed by atoms with Gasteiger partial charge in [0.2, 0.25) is 11.8 Å². The van der Waals surface area contributed by atoms with Gasteiger partial charge in [0.05, 0.1) is 13.0 Å². The standard InChI is InChI=1S/C21H24N2O4/c1-14-3-5-15(6-4-14)12-23-13-17(10-20(23)25)21(26)22-11-16-7-8-18(24)19(9-16)27-2/h3-9,17,24H,10-13H2,1-2H3,(H,22,26). The van der Waals surface area contributed by atoms with E-state index in [9.17, 15) is 14.7 Å². The van der Waals surface area contributed by atoms with Gasteiger partial charge in [0, 0.05) is 26.1 Å². The summed E-state index contributed by atoms with van der Waals surface area (Å²) >= 11 is 0. The molecule has 2 amide bonds. The van der Waals surface area contributed by atoms with Crippen molar-refractivity contribution < 1.29 is 19.4 Å². The molecule has 1 aliphatic rings. The van der Waals surface area contributed by atoms with Crippen LogP contribution in [0, 0.1) is 12.8 Å². The van der Waals surface area contributed by atoms with Crippen molar-refractivity contribution >= 4 is 11.8 Å². The van der Waals surface area contributed by atoms with Crippen LogP contribution < -0.4 is 10.1 Å². The van der Waals surface area contributed by atoms with Gasteiger partial charge in [-0.25, -0.2) is 0 Å². The van der Waals surface area contributed by atoms with E-state index in [1.54, 1.807) is 17.0 Å². The van der Waals surface area contributed by atoms with Crippen molar-refractivity contribution in [2.75, 3.05) is 13.7 Å². The van der Waals surface area contributed by atoms with Crippen LogP contribution in [0.15, 0.2) is 42.5 Å². The van der Waals surface area contributed by atoms with E-state index in [2.05, 4.69) is 5.32 Å². The van der Waals surface area contributed by atoms with Crippen molar-refractivity contribution in [2.24, 2.45) is 5.92 Å². The molecule has 1 atom stereocenters. The Balaban J connectivity index is 1.55. The number of nitrogens with zero attached hydrogens (tertiary/aromatic N) is 1. The van der Waals surface area contributed by atoms with Crippen LogP contribution in [0.1, 0.15) is 23.1 Å². The highest BCUT2D eigenvalue weighted by molar-refractivity contribution is 5.89. The van der Waals surface area contributed by atoms with Crippen molar-refractivity contribution in [3.05, 3.63) is 59.2 Å². The summed E-state index contributed by atoms with van der Waals surface area (Å²) in [4.78, 5) is 26.4. The number of phenolic OH excluding ortho intramolecular Hbond substituents is 1. The first-order chi connectivity index (χ1) is 13.0. The second-order valence-electron chi connectivity index (χ2n) is 6.88. The maximum atomic E-state index is 12.5. The number of likely N-dealkylation sites (tertiary alicyclic amines) is 1. The zero-order valence-corrected chi connectivity index (χ0v) is 15.6. The Morgan fingerprint density at radius 1 is 1.22 bits per heavy atom. The van der Waals surface area contributed by atoms with E-state index < -0.39 is 0 Å². The number of nitrogens with one attached hydrogen (secondary N) is 1. The molecule has 1 fully saturated rings. The fourth-order valence-electron chi connectivity index (χ4n) is 3.18. The largest absolute Gasteiger partial charge is 0.504 e. The van der Waals surface area contributed by atoms with Gasteiger partial charge in [0.1, 0.15) is 0 Å². The van der Waals surface area contributed by atoms with Crippen LogP contribution in [0.5, 0.6) is 11.5 Å². The number of rotatable bonds is 6. The number of hydrogen-bond donors (Lipinski definition) is 2. The molecule has 0 aliphatic carbocycles. The molecule has 27 heavy (non-hydrogen) atoms. The minimum atomic E-state index is -0.345. The van der Waals surface area contributed by atoms with Crippen LogP contribution >= 0.6 is 0 Å². The highest BCUT2D eigenvalue weighted by Crippen LogP contribution is 2.26. The van der Waals surface area contributed by atoms with Crippen LogP contribution in [-0.2, 0) is 22.7 Å². The van der Waals surface area contributed by atoms with Crippen LogP contribution in [0.3, 0.4) is 0 Å². The zero-order chi connectivity index (χ0) is 19.4. The van der Waals surface area contributed by atoms with E-state index >= 15 is 0 Å². The number of methoxy groups -OCH3 is 1. The van der Waals surface area contributed by atoms with Gasteiger partial charge in [-0.2, -0.15) is 0 Å². The minimum Gasteiger partial charge on any atom is -0.504 e.